The van der Waals surface area contributed by atoms with Crippen molar-refractivity contribution in [2.45, 2.75) is 31.9 Å². The number of alkyl halides is 3. The van der Waals surface area contributed by atoms with Gasteiger partial charge in [-0.2, -0.15) is 23.4 Å². The van der Waals surface area contributed by atoms with Crippen LogP contribution in [0.3, 0.4) is 0 Å². The fraction of sp³-hybridized carbons (Fsp3) is 0.471. The zero-order valence-corrected chi connectivity index (χ0v) is 13.0. The maximum atomic E-state index is 12.9. The molecule has 128 valence electrons. The SMILES string of the molecule is O=C(NCC1CCCC(C(F)(F)F)C1)c1cnnc2ccccc12. The van der Waals surface area contributed by atoms with Gasteiger partial charge in [-0.05, 0) is 31.2 Å². The zero-order chi connectivity index (χ0) is 17.2. The van der Waals surface area contributed by atoms with E-state index in [1.165, 1.54) is 6.20 Å². The van der Waals surface area contributed by atoms with Gasteiger partial charge in [0.05, 0.1) is 23.2 Å². The Labute approximate surface area is 137 Å². The number of amides is 1. The number of hydrogen-bond acceptors (Lipinski definition) is 3. The molecule has 1 fully saturated rings. The van der Waals surface area contributed by atoms with Crippen molar-refractivity contribution >= 4 is 16.8 Å². The van der Waals surface area contributed by atoms with Crippen molar-refractivity contribution in [1.82, 2.24) is 15.5 Å². The smallest absolute Gasteiger partial charge is 0.352 e. The van der Waals surface area contributed by atoms with Crippen LogP contribution in [0.1, 0.15) is 36.0 Å². The average Bonchev–Trinajstić information content (AvgIpc) is 2.58. The first-order valence-corrected chi connectivity index (χ1v) is 8.00. The van der Waals surface area contributed by atoms with Crippen LogP contribution in [0.4, 0.5) is 13.2 Å². The van der Waals surface area contributed by atoms with Gasteiger partial charge in [-0.25, -0.2) is 0 Å². The molecule has 1 aliphatic rings. The maximum Gasteiger partial charge on any atom is 0.391 e. The average molecular weight is 337 g/mol. The highest BCUT2D eigenvalue weighted by Gasteiger charge is 2.42. The van der Waals surface area contributed by atoms with Gasteiger partial charge in [-0.3, -0.25) is 4.79 Å². The third-order valence-corrected chi connectivity index (χ3v) is 4.59. The monoisotopic (exact) mass is 337 g/mol. The predicted molar refractivity (Wildman–Crippen MR) is 83.4 cm³/mol. The van der Waals surface area contributed by atoms with Crippen molar-refractivity contribution in [3.63, 3.8) is 0 Å². The van der Waals surface area contributed by atoms with E-state index in [0.29, 0.717) is 29.3 Å². The molecular weight excluding hydrogens is 319 g/mol. The van der Waals surface area contributed by atoms with Crippen LogP contribution in [0.2, 0.25) is 0 Å². The predicted octanol–water partition coefficient (Wildman–Crippen LogP) is 3.73. The fourth-order valence-electron chi connectivity index (χ4n) is 3.29. The Balaban J connectivity index is 1.65. The molecule has 3 rings (SSSR count). The molecule has 2 unspecified atom stereocenters. The van der Waals surface area contributed by atoms with E-state index in [9.17, 15) is 18.0 Å². The molecule has 1 aromatic carbocycles. The van der Waals surface area contributed by atoms with Crippen molar-refractivity contribution in [3.05, 3.63) is 36.0 Å². The molecule has 2 atom stereocenters. The van der Waals surface area contributed by atoms with E-state index >= 15 is 0 Å². The number of nitrogens with one attached hydrogen (secondary N) is 1. The number of rotatable bonds is 3. The Hall–Kier alpha value is -2.18. The number of halogens is 3. The van der Waals surface area contributed by atoms with E-state index < -0.39 is 12.1 Å². The second-order valence-corrected chi connectivity index (χ2v) is 6.26. The largest absolute Gasteiger partial charge is 0.391 e. The van der Waals surface area contributed by atoms with Crippen molar-refractivity contribution in [1.29, 1.82) is 0 Å². The van der Waals surface area contributed by atoms with Gasteiger partial charge < -0.3 is 5.32 Å². The molecule has 24 heavy (non-hydrogen) atoms. The summed E-state index contributed by atoms with van der Waals surface area (Å²) in [6.45, 7) is 0.252. The summed E-state index contributed by atoms with van der Waals surface area (Å²) in [7, 11) is 0. The van der Waals surface area contributed by atoms with Gasteiger partial charge in [0.25, 0.3) is 5.91 Å². The summed E-state index contributed by atoms with van der Waals surface area (Å²) in [5.41, 5.74) is 1.00. The standard InChI is InChI=1S/C17H18F3N3O/c18-17(19,20)12-5-3-4-11(8-12)9-21-16(24)14-10-22-23-15-7-2-1-6-13(14)15/h1-2,6-7,10-12H,3-5,8-9H2,(H,21,24). The number of hydrogen-bond donors (Lipinski definition) is 1. The summed E-state index contributed by atoms with van der Waals surface area (Å²) in [5.74, 6) is -1.72. The molecule has 0 spiro atoms. The molecule has 1 N–H and O–H groups in total. The van der Waals surface area contributed by atoms with Gasteiger partial charge in [-0.15, -0.1) is 0 Å². The normalized spacial score (nSPS) is 21.6. The molecule has 7 heteroatoms. The number of fused-ring (bicyclic) bond motifs is 1. The quantitative estimate of drug-likeness (QED) is 0.928. The molecule has 1 amide bonds. The van der Waals surface area contributed by atoms with Crippen LogP contribution in [-0.4, -0.2) is 28.8 Å². The van der Waals surface area contributed by atoms with Crippen LogP contribution in [0.5, 0.6) is 0 Å². The number of carbonyl (C=O) groups is 1. The second-order valence-electron chi connectivity index (χ2n) is 6.26. The number of aromatic nitrogens is 2. The highest BCUT2D eigenvalue weighted by Crippen LogP contribution is 2.39. The minimum absolute atomic E-state index is 0.0825. The van der Waals surface area contributed by atoms with Crippen molar-refractivity contribution in [2.75, 3.05) is 6.54 Å². The Morgan fingerprint density at radius 3 is 2.83 bits per heavy atom. The molecule has 1 heterocycles. The zero-order valence-electron chi connectivity index (χ0n) is 13.0. The van der Waals surface area contributed by atoms with E-state index in [1.807, 2.05) is 0 Å². The number of carbonyl (C=O) groups excluding carboxylic acids is 1. The molecule has 2 aromatic rings. The minimum Gasteiger partial charge on any atom is -0.352 e. The van der Waals surface area contributed by atoms with Gasteiger partial charge in [0.15, 0.2) is 0 Å². The topological polar surface area (TPSA) is 54.9 Å². The van der Waals surface area contributed by atoms with Crippen LogP contribution in [-0.2, 0) is 0 Å². The number of nitrogens with zero attached hydrogens (tertiary/aromatic N) is 2. The van der Waals surface area contributed by atoms with Crippen LogP contribution >= 0.6 is 0 Å². The van der Waals surface area contributed by atoms with E-state index in [2.05, 4.69) is 15.5 Å². The summed E-state index contributed by atoms with van der Waals surface area (Å²) >= 11 is 0. The lowest BCUT2D eigenvalue weighted by Gasteiger charge is -2.30. The highest BCUT2D eigenvalue weighted by molar-refractivity contribution is 6.05. The Bertz CT molecular complexity index is 727. The summed E-state index contributed by atoms with van der Waals surface area (Å²) in [6, 6.07) is 7.14. The molecule has 1 saturated carbocycles. The lowest BCUT2D eigenvalue weighted by atomic mass is 9.81. The Morgan fingerprint density at radius 1 is 1.25 bits per heavy atom. The summed E-state index contributed by atoms with van der Waals surface area (Å²) < 4.78 is 38.6. The molecule has 0 aliphatic heterocycles. The van der Waals surface area contributed by atoms with Crippen LogP contribution in [0.15, 0.2) is 30.5 Å². The first-order valence-electron chi connectivity index (χ1n) is 8.00. The van der Waals surface area contributed by atoms with Crippen LogP contribution in [0.25, 0.3) is 10.9 Å². The summed E-state index contributed by atoms with van der Waals surface area (Å²) in [4.78, 5) is 12.4. The summed E-state index contributed by atoms with van der Waals surface area (Å²) in [6.07, 6.45) is -1.23. The second kappa shape index (κ2) is 6.75. The first-order chi connectivity index (χ1) is 11.4. The third kappa shape index (κ3) is 3.66. The highest BCUT2D eigenvalue weighted by atomic mass is 19.4. The lowest BCUT2D eigenvalue weighted by molar-refractivity contribution is -0.185. The maximum absolute atomic E-state index is 12.9. The molecule has 0 saturated heterocycles. The van der Waals surface area contributed by atoms with Gasteiger partial charge in [0.2, 0.25) is 0 Å². The van der Waals surface area contributed by atoms with E-state index in [1.54, 1.807) is 24.3 Å². The third-order valence-electron chi connectivity index (χ3n) is 4.59. The van der Waals surface area contributed by atoms with Crippen molar-refractivity contribution < 1.29 is 18.0 Å². The molecular formula is C17H18F3N3O. The Kier molecular flexibility index (Phi) is 4.69. The van der Waals surface area contributed by atoms with E-state index in [4.69, 9.17) is 0 Å². The van der Waals surface area contributed by atoms with Gasteiger partial charge in [-0.1, -0.05) is 24.6 Å². The first kappa shape index (κ1) is 16.7. The van der Waals surface area contributed by atoms with E-state index in [-0.39, 0.29) is 31.2 Å². The molecule has 0 radical (unpaired) electrons. The van der Waals surface area contributed by atoms with Gasteiger partial charge >= 0.3 is 6.18 Å². The van der Waals surface area contributed by atoms with Crippen molar-refractivity contribution in [3.8, 4) is 0 Å². The molecule has 1 aliphatic carbocycles. The van der Waals surface area contributed by atoms with Crippen LogP contribution < -0.4 is 5.32 Å². The summed E-state index contributed by atoms with van der Waals surface area (Å²) in [5, 5.41) is 11.2. The van der Waals surface area contributed by atoms with Gasteiger partial charge in [0, 0.05) is 11.9 Å². The van der Waals surface area contributed by atoms with Gasteiger partial charge in [0.1, 0.15) is 0 Å². The Morgan fingerprint density at radius 2 is 2.04 bits per heavy atom. The molecule has 0 bridgehead atoms. The fourth-order valence-corrected chi connectivity index (χ4v) is 3.29. The van der Waals surface area contributed by atoms with E-state index in [0.717, 1.165) is 0 Å². The van der Waals surface area contributed by atoms with Crippen molar-refractivity contribution in [2.24, 2.45) is 11.8 Å². The molecule has 4 nitrogen and oxygen atoms in total. The van der Waals surface area contributed by atoms with Crippen LogP contribution in [0, 0.1) is 11.8 Å². The molecule has 1 aromatic heterocycles. The lowest BCUT2D eigenvalue weighted by Crippen LogP contribution is -2.35. The number of benzene rings is 1. The minimum atomic E-state index is -4.14.